The molecule has 3 amide bonds. The fraction of sp³-hybridized carbons (Fsp3) is 0.455. The number of carbonyl (C=O) groups is 3. The SMILES string of the molecule is CCc1ccccc1N(CC(=O)NC[C@@H]1CCCO1)C(=O)CCC(=O)Nc1nccs1. The van der Waals surface area contributed by atoms with E-state index in [1.807, 2.05) is 31.2 Å². The van der Waals surface area contributed by atoms with Crippen molar-refractivity contribution >= 4 is 39.9 Å². The van der Waals surface area contributed by atoms with Gasteiger partial charge in [-0.15, -0.1) is 11.3 Å². The first-order valence-corrected chi connectivity index (χ1v) is 11.4. The summed E-state index contributed by atoms with van der Waals surface area (Å²) in [5, 5.41) is 7.81. The van der Waals surface area contributed by atoms with E-state index in [0.717, 1.165) is 31.4 Å². The molecule has 1 aliphatic rings. The van der Waals surface area contributed by atoms with E-state index in [1.54, 1.807) is 11.6 Å². The molecule has 2 N–H and O–H groups in total. The fourth-order valence-corrected chi connectivity index (χ4v) is 3.98. The number of para-hydroxylation sites is 1. The molecule has 1 aromatic heterocycles. The topological polar surface area (TPSA) is 101 Å². The third kappa shape index (κ3) is 6.86. The highest BCUT2D eigenvalue weighted by Gasteiger charge is 2.23. The van der Waals surface area contributed by atoms with E-state index >= 15 is 0 Å². The van der Waals surface area contributed by atoms with Crippen LogP contribution in [-0.4, -0.2) is 48.5 Å². The van der Waals surface area contributed by atoms with Gasteiger partial charge in [-0.2, -0.15) is 0 Å². The molecule has 3 rings (SSSR count). The van der Waals surface area contributed by atoms with Gasteiger partial charge in [-0.25, -0.2) is 4.98 Å². The van der Waals surface area contributed by atoms with Crippen molar-refractivity contribution in [1.82, 2.24) is 10.3 Å². The molecular formula is C22H28N4O4S. The van der Waals surface area contributed by atoms with Crippen LogP contribution in [-0.2, 0) is 25.5 Å². The average Bonchev–Trinajstić information content (AvgIpc) is 3.48. The Bertz CT molecular complexity index is 881. The van der Waals surface area contributed by atoms with Crippen LogP contribution in [0.3, 0.4) is 0 Å². The van der Waals surface area contributed by atoms with Gasteiger partial charge in [-0.05, 0) is 30.9 Å². The number of amides is 3. The Morgan fingerprint density at radius 2 is 2.06 bits per heavy atom. The number of aromatic nitrogens is 1. The normalized spacial score (nSPS) is 15.5. The van der Waals surface area contributed by atoms with Gasteiger partial charge in [0.1, 0.15) is 6.54 Å². The van der Waals surface area contributed by atoms with Gasteiger partial charge in [-0.1, -0.05) is 25.1 Å². The van der Waals surface area contributed by atoms with Gasteiger partial charge in [0, 0.05) is 43.3 Å². The molecule has 1 fully saturated rings. The summed E-state index contributed by atoms with van der Waals surface area (Å²) in [4.78, 5) is 43.3. The summed E-state index contributed by atoms with van der Waals surface area (Å²) in [5.41, 5.74) is 1.66. The van der Waals surface area contributed by atoms with Gasteiger partial charge in [-0.3, -0.25) is 14.4 Å². The Labute approximate surface area is 186 Å². The zero-order chi connectivity index (χ0) is 22.1. The highest BCUT2D eigenvalue weighted by molar-refractivity contribution is 7.13. The highest BCUT2D eigenvalue weighted by atomic mass is 32.1. The minimum absolute atomic E-state index is 0.00568. The molecule has 0 aliphatic carbocycles. The number of nitrogens with one attached hydrogen (secondary N) is 2. The lowest BCUT2D eigenvalue weighted by molar-refractivity contribution is -0.125. The predicted molar refractivity (Wildman–Crippen MR) is 120 cm³/mol. The lowest BCUT2D eigenvalue weighted by Gasteiger charge is -2.25. The molecular weight excluding hydrogens is 416 g/mol. The number of aryl methyl sites for hydroxylation is 1. The molecule has 0 spiro atoms. The second kappa shape index (κ2) is 11.6. The second-order valence-corrected chi connectivity index (χ2v) is 8.18. The summed E-state index contributed by atoms with van der Waals surface area (Å²) in [6, 6.07) is 7.52. The maximum absolute atomic E-state index is 13.0. The van der Waals surface area contributed by atoms with Crippen LogP contribution < -0.4 is 15.5 Å². The highest BCUT2D eigenvalue weighted by Crippen LogP contribution is 2.22. The van der Waals surface area contributed by atoms with E-state index < -0.39 is 0 Å². The summed E-state index contributed by atoms with van der Waals surface area (Å²) >= 11 is 1.32. The lowest BCUT2D eigenvalue weighted by atomic mass is 10.1. The number of hydrogen-bond acceptors (Lipinski definition) is 6. The van der Waals surface area contributed by atoms with E-state index in [9.17, 15) is 14.4 Å². The van der Waals surface area contributed by atoms with Crippen molar-refractivity contribution in [1.29, 1.82) is 0 Å². The molecule has 9 heteroatoms. The largest absolute Gasteiger partial charge is 0.376 e. The first kappa shape index (κ1) is 22.9. The van der Waals surface area contributed by atoms with Gasteiger partial charge in [0.05, 0.1) is 6.10 Å². The number of benzene rings is 1. The summed E-state index contributed by atoms with van der Waals surface area (Å²) in [6.45, 7) is 3.06. The molecule has 31 heavy (non-hydrogen) atoms. The molecule has 2 aromatic rings. The van der Waals surface area contributed by atoms with Crippen LogP contribution >= 0.6 is 11.3 Å². The minimum Gasteiger partial charge on any atom is -0.376 e. The smallest absolute Gasteiger partial charge is 0.240 e. The van der Waals surface area contributed by atoms with Crippen LogP contribution in [0.25, 0.3) is 0 Å². The predicted octanol–water partition coefficient (Wildman–Crippen LogP) is 2.75. The van der Waals surface area contributed by atoms with Gasteiger partial charge >= 0.3 is 0 Å². The van der Waals surface area contributed by atoms with Crippen LogP contribution in [0.5, 0.6) is 0 Å². The van der Waals surface area contributed by atoms with Crippen LogP contribution in [0.15, 0.2) is 35.8 Å². The molecule has 8 nitrogen and oxygen atoms in total. The Hall–Kier alpha value is -2.78. The third-order valence-electron chi connectivity index (χ3n) is 5.06. The van der Waals surface area contributed by atoms with Crippen molar-refractivity contribution < 1.29 is 19.1 Å². The molecule has 1 aliphatic heterocycles. The zero-order valence-electron chi connectivity index (χ0n) is 17.6. The maximum atomic E-state index is 13.0. The number of nitrogens with zero attached hydrogens (tertiary/aromatic N) is 2. The number of ether oxygens (including phenoxy) is 1. The van der Waals surface area contributed by atoms with Crippen LogP contribution in [0.1, 0.15) is 38.2 Å². The Kier molecular flexibility index (Phi) is 8.54. The van der Waals surface area contributed by atoms with E-state index in [2.05, 4.69) is 15.6 Å². The molecule has 1 aromatic carbocycles. The van der Waals surface area contributed by atoms with E-state index in [0.29, 0.717) is 17.4 Å². The van der Waals surface area contributed by atoms with Crippen LogP contribution in [0, 0.1) is 0 Å². The van der Waals surface area contributed by atoms with Crippen LogP contribution in [0.4, 0.5) is 10.8 Å². The molecule has 2 heterocycles. The van der Waals surface area contributed by atoms with Crippen molar-refractivity contribution in [2.75, 3.05) is 29.9 Å². The minimum atomic E-state index is -0.283. The van der Waals surface area contributed by atoms with E-state index in [4.69, 9.17) is 4.74 Å². The van der Waals surface area contributed by atoms with E-state index in [1.165, 1.54) is 16.2 Å². The second-order valence-electron chi connectivity index (χ2n) is 7.29. The molecule has 0 radical (unpaired) electrons. The Morgan fingerprint density at radius 3 is 2.77 bits per heavy atom. The van der Waals surface area contributed by atoms with Crippen molar-refractivity contribution in [3.05, 3.63) is 41.4 Å². The molecule has 0 unspecified atom stereocenters. The number of hydrogen-bond donors (Lipinski definition) is 2. The van der Waals surface area contributed by atoms with Crippen molar-refractivity contribution in [3.8, 4) is 0 Å². The van der Waals surface area contributed by atoms with Gasteiger partial charge in [0.2, 0.25) is 17.7 Å². The number of anilines is 2. The Balaban J connectivity index is 1.63. The first-order chi connectivity index (χ1) is 15.1. The summed E-state index contributed by atoms with van der Waals surface area (Å²) in [5.74, 6) is -0.806. The van der Waals surface area contributed by atoms with E-state index in [-0.39, 0.29) is 43.2 Å². The molecule has 0 saturated carbocycles. The maximum Gasteiger partial charge on any atom is 0.240 e. The number of thiazole rings is 1. The Morgan fingerprint density at radius 1 is 1.23 bits per heavy atom. The summed E-state index contributed by atoms with van der Waals surface area (Å²) < 4.78 is 5.54. The monoisotopic (exact) mass is 444 g/mol. The van der Waals surface area contributed by atoms with Crippen molar-refractivity contribution in [2.45, 2.75) is 45.1 Å². The summed E-state index contributed by atoms with van der Waals surface area (Å²) in [7, 11) is 0. The first-order valence-electron chi connectivity index (χ1n) is 10.5. The van der Waals surface area contributed by atoms with Gasteiger partial charge in [0.25, 0.3) is 0 Å². The van der Waals surface area contributed by atoms with Gasteiger partial charge < -0.3 is 20.3 Å². The molecule has 0 bridgehead atoms. The fourth-order valence-electron chi connectivity index (χ4n) is 3.44. The molecule has 166 valence electrons. The van der Waals surface area contributed by atoms with Crippen molar-refractivity contribution in [2.24, 2.45) is 0 Å². The molecule has 1 atom stereocenters. The third-order valence-corrected chi connectivity index (χ3v) is 5.75. The summed E-state index contributed by atoms with van der Waals surface area (Å²) in [6.07, 6.45) is 4.29. The van der Waals surface area contributed by atoms with Crippen LogP contribution in [0.2, 0.25) is 0 Å². The molecule has 1 saturated heterocycles. The van der Waals surface area contributed by atoms with Gasteiger partial charge in [0.15, 0.2) is 5.13 Å². The zero-order valence-corrected chi connectivity index (χ0v) is 18.5. The average molecular weight is 445 g/mol. The number of rotatable bonds is 10. The quantitative estimate of drug-likeness (QED) is 0.587. The van der Waals surface area contributed by atoms with Crippen molar-refractivity contribution in [3.63, 3.8) is 0 Å². The standard InChI is InChI=1S/C22H28N4O4S/c1-2-16-6-3-4-8-18(16)26(15-20(28)24-14-17-7-5-12-30-17)21(29)10-9-19(27)25-22-23-11-13-31-22/h3-4,6,8,11,13,17H,2,5,7,9-10,12,14-15H2,1H3,(H,24,28)(H,23,25,27)/t17-/m0/s1. The number of carbonyl (C=O) groups excluding carboxylic acids is 3. The lowest BCUT2D eigenvalue weighted by Crippen LogP contribution is -2.43.